The van der Waals surface area contributed by atoms with Gasteiger partial charge in [0.15, 0.2) is 0 Å². The van der Waals surface area contributed by atoms with Gasteiger partial charge in [0.25, 0.3) is 5.69 Å². The number of nitro groups is 1. The molecule has 0 radical (unpaired) electrons. The Morgan fingerprint density at radius 3 is 2.82 bits per heavy atom. The topological polar surface area (TPSA) is 95.5 Å². The smallest absolute Gasteiger partial charge is 0.350 e. The number of benzene rings is 1. The van der Waals surface area contributed by atoms with E-state index in [1.54, 1.807) is 6.07 Å². The van der Waals surface area contributed by atoms with E-state index in [-0.39, 0.29) is 16.3 Å². The van der Waals surface area contributed by atoms with Gasteiger partial charge in [0, 0.05) is 22.2 Å². The Morgan fingerprint density at radius 1 is 1.53 bits per heavy atom. The molecule has 0 aliphatic carbocycles. The molecule has 1 heterocycles. The first kappa shape index (κ1) is 11.3. The Balaban J connectivity index is 2.66. The molecule has 0 spiro atoms. The third kappa shape index (κ3) is 1.80. The van der Waals surface area contributed by atoms with Crippen molar-refractivity contribution in [3.63, 3.8) is 0 Å². The molecule has 0 fully saturated rings. The SMILES string of the molecule is COC(=O)c1sc2ccc([N+](=O)[O-])cc2c1N. The van der Waals surface area contributed by atoms with Crippen LogP contribution in [-0.2, 0) is 4.74 Å². The first-order chi connectivity index (χ1) is 8.04. The fourth-order valence-corrected chi connectivity index (χ4v) is 2.48. The van der Waals surface area contributed by atoms with Crippen LogP contribution in [-0.4, -0.2) is 18.0 Å². The number of anilines is 1. The number of thiophene rings is 1. The van der Waals surface area contributed by atoms with Crippen LogP contribution >= 0.6 is 11.3 Å². The molecule has 1 aromatic heterocycles. The van der Waals surface area contributed by atoms with Crippen LogP contribution in [0.3, 0.4) is 0 Å². The van der Waals surface area contributed by atoms with Crippen molar-refractivity contribution in [3.05, 3.63) is 33.2 Å². The molecule has 0 atom stereocenters. The number of nitro benzene ring substituents is 1. The predicted octanol–water partition coefficient (Wildman–Crippen LogP) is 2.18. The molecule has 2 rings (SSSR count). The van der Waals surface area contributed by atoms with Gasteiger partial charge < -0.3 is 10.5 Å². The van der Waals surface area contributed by atoms with E-state index in [0.717, 1.165) is 11.3 Å². The molecule has 0 aliphatic heterocycles. The van der Waals surface area contributed by atoms with Crippen molar-refractivity contribution in [2.75, 3.05) is 12.8 Å². The lowest BCUT2D eigenvalue weighted by Gasteiger charge is -1.96. The molecule has 0 amide bonds. The molecule has 0 saturated carbocycles. The lowest BCUT2D eigenvalue weighted by atomic mass is 10.2. The normalized spacial score (nSPS) is 10.4. The molecule has 1 aromatic carbocycles. The van der Waals surface area contributed by atoms with Crippen LogP contribution in [0, 0.1) is 10.1 Å². The zero-order valence-electron chi connectivity index (χ0n) is 8.80. The van der Waals surface area contributed by atoms with E-state index < -0.39 is 10.9 Å². The summed E-state index contributed by atoms with van der Waals surface area (Å²) in [5.41, 5.74) is 5.94. The Morgan fingerprint density at radius 2 is 2.24 bits per heavy atom. The second kappa shape index (κ2) is 4.02. The number of methoxy groups -OCH3 is 1. The van der Waals surface area contributed by atoms with Gasteiger partial charge in [-0.3, -0.25) is 10.1 Å². The molecular formula is C10H8N2O4S. The van der Waals surface area contributed by atoms with Gasteiger partial charge in [-0.2, -0.15) is 0 Å². The Hall–Kier alpha value is -2.15. The van der Waals surface area contributed by atoms with Gasteiger partial charge in [0.1, 0.15) is 4.88 Å². The maximum Gasteiger partial charge on any atom is 0.350 e. The molecule has 0 bridgehead atoms. The van der Waals surface area contributed by atoms with Crippen molar-refractivity contribution in [3.8, 4) is 0 Å². The van der Waals surface area contributed by atoms with Crippen LogP contribution in [0.4, 0.5) is 11.4 Å². The summed E-state index contributed by atoms with van der Waals surface area (Å²) in [6.07, 6.45) is 0. The van der Waals surface area contributed by atoms with Crippen molar-refractivity contribution in [2.24, 2.45) is 0 Å². The van der Waals surface area contributed by atoms with Crippen LogP contribution in [0.5, 0.6) is 0 Å². The lowest BCUT2D eigenvalue weighted by Crippen LogP contribution is -2.01. The quantitative estimate of drug-likeness (QED) is 0.502. The van der Waals surface area contributed by atoms with E-state index in [1.165, 1.54) is 19.2 Å². The highest BCUT2D eigenvalue weighted by atomic mass is 32.1. The van der Waals surface area contributed by atoms with E-state index in [2.05, 4.69) is 4.74 Å². The molecule has 7 heteroatoms. The van der Waals surface area contributed by atoms with Gasteiger partial charge in [-0.25, -0.2) is 4.79 Å². The highest BCUT2D eigenvalue weighted by Gasteiger charge is 2.18. The van der Waals surface area contributed by atoms with Gasteiger partial charge in [-0.05, 0) is 6.07 Å². The minimum atomic E-state index is -0.536. The van der Waals surface area contributed by atoms with Crippen LogP contribution in [0.15, 0.2) is 18.2 Å². The average molecular weight is 252 g/mol. The lowest BCUT2D eigenvalue weighted by molar-refractivity contribution is -0.384. The van der Waals surface area contributed by atoms with Gasteiger partial charge >= 0.3 is 5.97 Å². The third-order valence-electron chi connectivity index (χ3n) is 2.29. The molecule has 17 heavy (non-hydrogen) atoms. The van der Waals surface area contributed by atoms with E-state index >= 15 is 0 Å². The highest BCUT2D eigenvalue weighted by Crippen LogP contribution is 2.35. The standard InChI is InChI=1S/C10H8N2O4S/c1-16-10(13)9-8(11)6-4-5(12(14)15)2-3-7(6)17-9/h2-4H,11H2,1H3. The first-order valence-corrected chi connectivity index (χ1v) is 5.41. The summed E-state index contributed by atoms with van der Waals surface area (Å²) >= 11 is 1.15. The number of nitrogen functional groups attached to an aromatic ring is 1. The number of hydrogen-bond donors (Lipinski definition) is 1. The zero-order valence-corrected chi connectivity index (χ0v) is 9.61. The van der Waals surface area contributed by atoms with Crippen LogP contribution < -0.4 is 5.73 Å². The van der Waals surface area contributed by atoms with Crippen LogP contribution in [0.1, 0.15) is 9.67 Å². The molecule has 0 aliphatic rings. The van der Waals surface area contributed by atoms with E-state index in [1.807, 2.05) is 0 Å². The van der Waals surface area contributed by atoms with Crippen molar-refractivity contribution < 1.29 is 14.5 Å². The number of hydrogen-bond acceptors (Lipinski definition) is 6. The third-order valence-corrected chi connectivity index (χ3v) is 3.46. The second-order valence-electron chi connectivity index (χ2n) is 3.27. The van der Waals surface area contributed by atoms with Crippen LogP contribution in [0.25, 0.3) is 10.1 Å². The van der Waals surface area contributed by atoms with Crippen LogP contribution in [0.2, 0.25) is 0 Å². The van der Waals surface area contributed by atoms with Crippen molar-refractivity contribution in [1.29, 1.82) is 0 Å². The summed E-state index contributed by atoms with van der Waals surface area (Å²) in [6, 6.07) is 4.30. The second-order valence-corrected chi connectivity index (χ2v) is 4.33. The number of non-ortho nitro benzene ring substituents is 1. The highest BCUT2D eigenvalue weighted by molar-refractivity contribution is 7.21. The zero-order chi connectivity index (χ0) is 12.6. The summed E-state index contributed by atoms with van der Waals surface area (Å²) in [5, 5.41) is 11.1. The summed E-state index contributed by atoms with van der Waals surface area (Å²) in [5.74, 6) is -0.536. The van der Waals surface area contributed by atoms with Crippen molar-refractivity contribution in [1.82, 2.24) is 0 Å². The summed E-state index contributed by atoms with van der Waals surface area (Å²) < 4.78 is 5.30. The maximum atomic E-state index is 11.4. The predicted molar refractivity (Wildman–Crippen MR) is 64.2 cm³/mol. The molecule has 2 N–H and O–H groups in total. The summed E-state index contributed by atoms with van der Waals surface area (Å²) in [7, 11) is 1.26. The summed E-state index contributed by atoms with van der Waals surface area (Å²) in [4.78, 5) is 21.8. The first-order valence-electron chi connectivity index (χ1n) is 4.59. The van der Waals surface area contributed by atoms with Gasteiger partial charge in [0.2, 0.25) is 0 Å². The monoisotopic (exact) mass is 252 g/mol. The molecule has 0 saturated heterocycles. The van der Waals surface area contributed by atoms with E-state index in [0.29, 0.717) is 10.1 Å². The van der Waals surface area contributed by atoms with E-state index in [9.17, 15) is 14.9 Å². The summed E-state index contributed by atoms with van der Waals surface area (Å²) in [6.45, 7) is 0. The molecule has 0 unspecified atom stereocenters. The van der Waals surface area contributed by atoms with Gasteiger partial charge in [0.05, 0.1) is 17.7 Å². The fourth-order valence-electron chi connectivity index (χ4n) is 1.46. The Kier molecular flexibility index (Phi) is 2.68. The maximum absolute atomic E-state index is 11.4. The number of carbonyl (C=O) groups is 1. The Labute approximate surface area is 99.8 Å². The van der Waals surface area contributed by atoms with E-state index in [4.69, 9.17) is 5.73 Å². The average Bonchev–Trinajstić information content (AvgIpc) is 2.65. The van der Waals surface area contributed by atoms with Gasteiger partial charge in [-0.1, -0.05) is 0 Å². The minimum absolute atomic E-state index is 0.0570. The molecular weight excluding hydrogens is 244 g/mol. The minimum Gasteiger partial charge on any atom is -0.465 e. The van der Waals surface area contributed by atoms with Gasteiger partial charge in [-0.15, -0.1) is 11.3 Å². The Bertz CT molecular complexity index is 620. The fraction of sp³-hybridized carbons (Fsp3) is 0.100. The number of rotatable bonds is 2. The number of ether oxygens (including phenoxy) is 1. The van der Waals surface area contributed by atoms with Crippen molar-refractivity contribution in [2.45, 2.75) is 0 Å². The number of esters is 1. The molecule has 88 valence electrons. The number of nitrogens with zero attached hydrogens (tertiary/aromatic N) is 1. The number of carbonyl (C=O) groups excluding carboxylic acids is 1. The largest absolute Gasteiger partial charge is 0.465 e. The number of fused-ring (bicyclic) bond motifs is 1. The van der Waals surface area contributed by atoms with Crippen molar-refractivity contribution >= 4 is 38.8 Å². The molecule has 2 aromatic rings. The molecule has 6 nitrogen and oxygen atoms in total. The number of nitrogens with two attached hydrogens (primary N) is 1.